The number of rotatable bonds is 4. The summed E-state index contributed by atoms with van der Waals surface area (Å²) in [4.78, 5) is 32.5. The zero-order chi connectivity index (χ0) is 22.9. The summed E-state index contributed by atoms with van der Waals surface area (Å²) in [5, 5.41) is 17.6. The monoisotopic (exact) mass is 459 g/mol. The molecule has 2 N–H and O–H groups in total. The Labute approximate surface area is 193 Å². The van der Waals surface area contributed by atoms with Crippen LogP contribution >= 0.6 is 11.3 Å². The molecule has 1 aliphatic rings. The van der Waals surface area contributed by atoms with Crippen molar-refractivity contribution in [1.82, 2.24) is 19.4 Å². The fraction of sp³-hybridized carbons (Fsp3) is 0.217. The number of imidazole rings is 1. The molecular formula is C23H21N7O2S. The summed E-state index contributed by atoms with van der Waals surface area (Å²) >= 11 is 1.23. The van der Waals surface area contributed by atoms with E-state index in [1.807, 2.05) is 30.3 Å². The third-order valence-electron chi connectivity index (χ3n) is 5.71. The molecule has 1 saturated heterocycles. The van der Waals surface area contributed by atoms with E-state index in [1.165, 1.54) is 15.9 Å². The first kappa shape index (κ1) is 20.9. The Balaban J connectivity index is 1.47. The maximum Gasteiger partial charge on any atom is 0.335 e. The van der Waals surface area contributed by atoms with Crippen molar-refractivity contribution in [2.45, 2.75) is 0 Å². The second kappa shape index (κ2) is 8.54. The van der Waals surface area contributed by atoms with Crippen molar-refractivity contribution in [3.63, 3.8) is 0 Å². The summed E-state index contributed by atoms with van der Waals surface area (Å²) in [5.41, 5.74) is 3.41. The molecule has 1 aliphatic heterocycles. The molecule has 4 aromatic rings. The van der Waals surface area contributed by atoms with Gasteiger partial charge in [0.1, 0.15) is 5.69 Å². The van der Waals surface area contributed by atoms with Crippen LogP contribution in [0.25, 0.3) is 16.2 Å². The van der Waals surface area contributed by atoms with Gasteiger partial charge in [-0.2, -0.15) is 5.26 Å². The topological polar surface area (TPSA) is 108 Å². The van der Waals surface area contributed by atoms with Crippen molar-refractivity contribution >= 4 is 39.7 Å². The number of aryl methyl sites for hydroxylation is 1. The van der Waals surface area contributed by atoms with Crippen molar-refractivity contribution in [2.24, 2.45) is 7.05 Å². The largest absolute Gasteiger partial charge is 0.367 e. The van der Waals surface area contributed by atoms with Gasteiger partial charge in [0.15, 0.2) is 5.13 Å². The van der Waals surface area contributed by atoms with E-state index in [0.29, 0.717) is 16.4 Å². The maximum absolute atomic E-state index is 13.1. The van der Waals surface area contributed by atoms with Gasteiger partial charge in [0.25, 0.3) is 5.91 Å². The van der Waals surface area contributed by atoms with Crippen molar-refractivity contribution < 1.29 is 4.79 Å². The number of carbonyl (C=O) groups is 1. The molecule has 0 aliphatic carbocycles. The van der Waals surface area contributed by atoms with Crippen LogP contribution in [0.4, 0.5) is 11.4 Å². The molecule has 1 amide bonds. The normalized spacial score (nSPS) is 13.8. The third kappa shape index (κ3) is 3.77. The Kier molecular flexibility index (Phi) is 5.42. The summed E-state index contributed by atoms with van der Waals surface area (Å²) in [7, 11) is 1.71. The molecular weight excluding hydrogens is 438 g/mol. The average Bonchev–Trinajstić information content (AvgIpc) is 3.43. The minimum absolute atomic E-state index is 0.212. The Morgan fingerprint density at radius 1 is 1.18 bits per heavy atom. The van der Waals surface area contributed by atoms with Crippen molar-refractivity contribution in [3.05, 3.63) is 69.6 Å². The second-order valence-corrected chi connectivity index (χ2v) is 8.55. The summed E-state index contributed by atoms with van der Waals surface area (Å²) in [5.74, 6) is -0.391. The van der Waals surface area contributed by atoms with E-state index in [9.17, 15) is 14.9 Å². The van der Waals surface area contributed by atoms with E-state index >= 15 is 0 Å². The Morgan fingerprint density at radius 3 is 2.70 bits per heavy atom. The number of nitriles is 1. The summed E-state index contributed by atoms with van der Waals surface area (Å²) in [6, 6.07) is 14.9. The van der Waals surface area contributed by atoms with E-state index in [1.54, 1.807) is 29.1 Å². The number of nitrogens with zero attached hydrogens (tertiary/aromatic N) is 5. The number of hydrogen-bond donors (Lipinski definition) is 2. The van der Waals surface area contributed by atoms with Crippen LogP contribution in [0.15, 0.2) is 52.6 Å². The number of aromatic nitrogens is 3. The molecule has 0 spiro atoms. The second-order valence-electron chi connectivity index (χ2n) is 7.72. The van der Waals surface area contributed by atoms with Crippen LogP contribution in [0, 0.1) is 11.3 Å². The highest BCUT2D eigenvalue weighted by molar-refractivity contribution is 7.12. The van der Waals surface area contributed by atoms with E-state index in [-0.39, 0.29) is 11.4 Å². The SMILES string of the molecule is Cn1c(=O)n(-c2nc(C(=O)Nc3cc(C#N)ccc3N3CCNCC3)cs2)c2ccccc21. The number of thiazole rings is 1. The van der Waals surface area contributed by atoms with Gasteiger partial charge in [0, 0.05) is 38.6 Å². The standard InChI is InChI=1S/C23H21N7O2S/c1-28-19-4-2-3-5-20(19)30(23(28)32)22-27-17(14-33-22)21(31)26-16-12-15(13-24)6-7-18(16)29-10-8-25-9-11-29/h2-7,12,14,25H,8-11H2,1H3,(H,26,31). The smallest absolute Gasteiger partial charge is 0.335 e. The van der Waals surface area contributed by atoms with Gasteiger partial charge in [0.2, 0.25) is 0 Å². The van der Waals surface area contributed by atoms with Crippen LogP contribution in [-0.4, -0.2) is 46.2 Å². The molecule has 5 rings (SSSR count). The number of anilines is 2. The van der Waals surface area contributed by atoms with Crippen LogP contribution in [-0.2, 0) is 7.05 Å². The summed E-state index contributed by atoms with van der Waals surface area (Å²) in [6.45, 7) is 3.31. The Bertz CT molecular complexity index is 1450. The van der Waals surface area contributed by atoms with Crippen LogP contribution < -0.4 is 21.2 Å². The number of fused-ring (bicyclic) bond motifs is 1. The zero-order valence-corrected chi connectivity index (χ0v) is 18.7. The molecule has 2 aromatic heterocycles. The molecule has 10 heteroatoms. The van der Waals surface area contributed by atoms with Gasteiger partial charge in [-0.15, -0.1) is 11.3 Å². The number of piperazine rings is 1. The van der Waals surface area contributed by atoms with Gasteiger partial charge in [-0.3, -0.25) is 9.36 Å². The average molecular weight is 460 g/mol. The number of nitrogens with one attached hydrogen (secondary N) is 2. The zero-order valence-electron chi connectivity index (χ0n) is 17.9. The molecule has 0 atom stereocenters. The third-order valence-corrected chi connectivity index (χ3v) is 6.54. The lowest BCUT2D eigenvalue weighted by molar-refractivity contribution is 0.102. The predicted octanol–water partition coefficient (Wildman–Crippen LogP) is 2.32. The van der Waals surface area contributed by atoms with Gasteiger partial charge >= 0.3 is 5.69 Å². The molecule has 2 aromatic carbocycles. The van der Waals surface area contributed by atoms with E-state index < -0.39 is 5.91 Å². The highest BCUT2D eigenvalue weighted by Crippen LogP contribution is 2.28. The fourth-order valence-electron chi connectivity index (χ4n) is 4.02. The number of hydrogen-bond acceptors (Lipinski definition) is 7. The first-order valence-electron chi connectivity index (χ1n) is 10.5. The molecule has 0 bridgehead atoms. The molecule has 0 radical (unpaired) electrons. The summed E-state index contributed by atoms with van der Waals surface area (Å²) in [6.07, 6.45) is 0. The van der Waals surface area contributed by atoms with Crippen molar-refractivity contribution in [1.29, 1.82) is 5.26 Å². The quantitative estimate of drug-likeness (QED) is 0.485. The van der Waals surface area contributed by atoms with Gasteiger partial charge in [-0.05, 0) is 30.3 Å². The highest BCUT2D eigenvalue weighted by atomic mass is 32.1. The van der Waals surface area contributed by atoms with Crippen molar-refractivity contribution in [3.8, 4) is 11.2 Å². The van der Waals surface area contributed by atoms with Gasteiger partial charge in [0.05, 0.1) is 34.0 Å². The van der Waals surface area contributed by atoms with E-state index in [4.69, 9.17) is 0 Å². The van der Waals surface area contributed by atoms with E-state index in [2.05, 4.69) is 26.6 Å². The van der Waals surface area contributed by atoms with E-state index in [0.717, 1.165) is 42.9 Å². The number of para-hydroxylation sites is 2. The van der Waals surface area contributed by atoms with Gasteiger partial charge in [-0.25, -0.2) is 14.3 Å². The molecule has 3 heterocycles. The molecule has 1 fully saturated rings. The van der Waals surface area contributed by atoms with Crippen LogP contribution in [0.5, 0.6) is 0 Å². The van der Waals surface area contributed by atoms with Crippen LogP contribution in [0.1, 0.15) is 16.1 Å². The van der Waals surface area contributed by atoms with Crippen LogP contribution in [0.2, 0.25) is 0 Å². The molecule has 0 unspecified atom stereocenters. The van der Waals surface area contributed by atoms with Gasteiger partial charge < -0.3 is 15.5 Å². The fourth-order valence-corrected chi connectivity index (χ4v) is 4.83. The first-order chi connectivity index (χ1) is 16.1. The highest BCUT2D eigenvalue weighted by Gasteiger charge is 2.20. The number of benzene rings is 2. The molecule has 9 nitrogen and oxygen atoms in total. The minimum Gasteiger partial charge on any atom is -0.367 e. The lowest BCUT2D eigenvalue weighted by Crippen LogP contribution is -2.43. The van der Waals surface area contributed by atoms with Gasteiger partial charge in [-0.1, -0.05) is 12.1 Å². The minimum atomic E-state index is -0.391. The molecule has 0 saturated carbocycles. The molecule has 33 heavy (non-hydrogen) atoms. The predicted molar refractivity (Wildman–Crippen MR) is 128 cm³/mol. The Hall–Kier alpha value is -3.94. The lowest BCUT2D eigenvalue weighted by atomic mass is 10.1. The summed E-state index contributed by atoms with van der Waals surface area (Å²) < 4.78 is 3.07. The van der Waals surface area contributed by atoms with Crippen molar-refractivity contribution in [2.75, 3.05) is 36.4 Å². The number of carbonyl (C=O) groups excluding carboxylic acids is 1. The maximum atomic E-state index is 13.1. The molecule has 166 valence electrons. The first-order valence-corrected chi connectivity index (χ1v) is 11.4. The Morgan fingerprint density at radius 2 is 1.94 bits per heavy atom. The number of amides is 1. The van der Waals surface area contributed by atoms with Crippen LogP contribution in [0.3, 0.4) is 0 Å². The lowest BCUT2D eigenvalue weighted by Gasteiger charge is -2.31.